The lowest BCUT2D eigenvalue weighted by Gasteiger charge is -2.13. The van der Waals surface area contributed by atoms with Crippen LogP contribution >= 0.6 is 0 Å². The zero-order valence-electron chi connectivity index (χ0n) is 12.1. The maximum Gasteiger partial charge on any atom is 0.326 e. The lowest BCUT2D eigenvalue weighted by atomic mass is 10.1. The van der Waals surface area contributed by atoms with Crippen molar-refractivity contribution >= 4 is 17.8 Å². The van der Waals surface area contributed by atoms with Crippen molar-refractivity contribution in [2.24, 2.45) is 0 Å². The summed E-state index contributed by atoms with van der Waals surface area (Å²) in [6.07, 6.45) is 0.286. The molecule has 6 heteroatoms. The minimum absolute atomic E-state index is 0.161. The topological polar surface area (TPSA) is 92.7 Å². The highest BCUT2D eigenvalue weighted by atomic mass is 16.5. The number of carboxylic acid groups (broad SMARTS) is 1. The largest absolute Gasteiger partial charge is 0.480 e. The van der Waals surface area contributed by atoms with E-state index in [1.165, 1.54) is 7.11 Å². The molecule has 0 aromatic heterocycles. The molecule has 2 N–H and O–H groups in total. The molecule has 0 unspecified atom stereocenters. The summed E-state index contributed by atoms with van der Waals surface area (Å²) in [5.41, 5.74) is 2.10. The van der Waals surface area contributed by atoms with Crippen LogP contribution in [0.3, 0.4) is 0 Å². The van der Waals surface area contributed by atoms with Gasteiger partial charge >= 0.3 is 11.9 Å². The van der Waals surface area contributed by atoms with Gasteiger partial charge in [0.15, 0.2) is 0 Å². The van der Waals surface area contributed by atoms with Crippen molar-refractivity contribution in [2.45, 2.75) is 32.2 Å². The maximum atomic E-state index is 11.8. The van der Waals surface area contributed by atoms with Crippen LogP contribution in [0, 0.1) is 6.92 Å². The van der Waals surface area contributed by atoms with Crippen molar-refractivity contribution in [3.8, 4) is 0 Å². The van der Waals surface area contributed by atoms with Gasteiger partial charge in [-0.15, -0.1) is 0 Å². The Kier molecular flexibility index (Phi) is 6.39. The van der Waals surface area contributed by atoms with Gasteiger partial charge in [-0.05, 0) is 18.9 Å². The molecule has 114 valence electrons. The number of benzene rings is 1. The van der Waals surface area contributed by atoms with E-state index in [-0.39, 0.29) is 12.8 Å². The predicted octanol–water partition coefficient (Wildman–Crippen LogP) is 1.06. The summed E-state index contributed by atoms with van der Waals surface area (Å²) >= 11 is 0. The van der Waals surface area contributed by atoms with Crippen LogP contribution in [0.25, 0.3) is 0 Å². The molecular weight excluding hydrogens is 274 g/mol. The quantitative estimate of drug-likeness (QED) is 0.733. The first-order valence-corrected chi connectivity index (χ1v) is 6.57. The molecule has 1 amide bonds. The number of aryl methyl sites for hydroxylation is 2. The molecule has 0 bridgehead atoms. The average molecular weight is 293 g/mol. The van der Waals surface area contributed by atoms with E-state index in [9.17, 15) is 14.4 Å². The van der Waals surface area contributed by atoms with E-state index in [0.29, 0.717) is 6.42 Å². The Labute approximate surface area is 123 Å². The second-order valence-electron chi connectivity index (χ2n) is 4.73. The summed E-state index contributed by atoms with van der Waals surface area (Å²) in [5.74, 6) is -2.35. The Bertz CT molecular complexity index is 527. The number of carbonyl (C=O) groups is 3. The van der Waals surface area contributed by atoms with Crippen LogP contribution in [0.5, 0.6) is 0 Å². The van der Waals surface area contributed by atoms with Crippen molar-refractivity contribution in [3.05, 3.63) is 35.4 Å². The van der Waals surface area contributed by atoms with Gasteiger partial charge in [0.1, 0.15) is 6.04 Å². The first kappa shape index (κ1) is 16.7. The molecule has 0 spiro atoms. The Morgan fingerprint density at radius 3 is 2.62 bits per heavy atom. The third-order valence-corrected chi connectivity index (χ3v) is 2.95. The standard InChI is InChI=1S/C15H19NO5/c1-10-4-3-5-11(8-10)6-7-13(17)16-12(15(19)20)9-14(18)21-2/h3-5,8,12H,6-7,9H2,1-2H3,(H,16,17)(H,19,20)/t12-/m0/s1. The van der Waals surface area contributed by atoms with Crippen LogP contribution in [0.15, 0.2) is 24.3 Å². The molecule has 21 heavy (non-hydrogen) atoms. The third-order valence-electron chi connectivity index (χ3n) is 2.95. The Morgan fingerprint density at radius 2 is 2.05 bits per heavy atom. The lowest BCUT2D eigenvalue weighted by Crippen LogP contribution is -2.42. The summed E-state index contributed by atoms with van der Waals surface area (Å²) in [5, 5.41) is 11.3. The zero-order valence-corrected chi connectivity index (χ0v) is 12.1. The average Bonchev–Trinajstić information content (AvgIpc) is 2.44. The van der Waals surface area contributed by atoms with Gasteiger partial charge in [-0.1, -0.05) is 29.8 Å². The number of esters is 1. The Hall–Kier alpha value is -2.37. The van der Waals surface area contributed by atoms with Crippen LogP contribution in [0.1, 0.15) is 24.0 Å². The van der Waals surface area contributed by atoms with E-state index in [1.54, 1.807) is 0 Å². The van der Waals surface area contributed by atoms with Gasteiger partial charge in [0.2, 0.25) is 5.91 Å². The first-order chi connectivity index (χ1) is 9.92. The monoisotopic (exact) mass is 293 g/mol. The summed E-state index contributed by atoms with van der Waals surface area (Å²) in [6.45, 7) is 1.96. The molecule has 0 heterocycles. The molecule has 0 aliphatic carbocycles. The van der Waals surface area contributed by atoms with E-state index < -0.39 is 23.9 Å². The number of carboxylic acids is 1. The van der Waals surface area contributed by atoms with Crippen molar-refractivity contribution < 1.29 is 24.2 Å². The van der Waals surface area contributed by atoms with E-state index in [2.05, 4.69) is 10.1 Å². The summed E-state index contributed by atoms with van der Waals surface area (Å²) in [7, 11) is 1.17. The highest BCUT2D eigenvalue weighted by Crippen LogP contribution is 2.07. The highest BCUT2D eigenvalue weighted by molar-refractivity contribution is 5.87. The van der Waals surface area contributed by atoms with E-state index in [1.807, 2.05) is 31.2 Å². The van der Waals surface area contributed by atoms with Crippen LogP contribution in [-0.2, 0) is 25.5 Å². The van der Waals surface area contributed by atoms with Crippen molar-refractivity contribution in [1.82, 2.24) is 5.32 Å². The van der Waals surface area contributed by atoms with Crippen molar-refractivity contribution in [1.29, 1.82) is 0 Å². The van der Waals surface area contributed by atoms with Gasteiger partial charge in [-0.2, -0.15) is 0 Å². The molecule has 1 aromatic rings. The minimum atomic E-state index is -1.26. The van der Waals surface area contributed by atoms with Gasteiger partial charge in [0.25, 0.3) is 0 Å². The number of rotatable bonds is 7. The second kappa shape index (κ2) is 8.04. The van der Waals surface area contributed by atoms with Gasteiger partial charge in [0, 0.05) is 6.42 Å². The third kappa shape index (κ3) is 6.07. The number of carbonyl (C=O) groups excluding carboxylic acids is 2. The second-order valence-corrected chi connectivity index (χ2v) is 4.73. The normalized spacial score (nSPS) is 11.5. The smallest absolute Gasteiger partial charge is 0.326 e. The summed E-state index contributed by atoms with van der Waals surface area (Å²) in [6, 6.07) is 6.47. The molecule has 0 aliphatic rings. The number of hydrogen-bond acceptors (Lipinski definition) is 4. The summed E-state index contributed by atoms with van der Waals surface area (Å²) < 4.78 is 4.40. The van der Waals surface area contributed by atoms with E-state index >= 15 is 0 Å². The van der Waals surface area contributed by atoms with Crippen LogP contribution < -0.4 is 5.32 Å². The van der Waals surface area contributed by atoms with Gasteiger partial charge in [-0.25, -0.2) is 4.79 Å². The zero-order chi connectivity index (χ0) is 15.8. The van der Waals surface area contributed by atoms with Gasteiger partial charge in [-0.3, -0.25) is 9.59 Å². The molecular formula is C15H19NO5. The van der Waals surface area contributed by atoms with Crippen LogP contribution in [0.4, 0.5) is 0 Å². The SMILES string of the molecule is COC(=O)C[C@H](NC(=O)CCc1cccc(C)c1)C(=O)O. The number of aliphatic carboxylic acids is 1. The molecule has 0 saturated heterocycles. The van der Waals surface area contributed by atoms with Crippen molar-refractivity contribution in [2.75, 3.05) is 7.11 Å². The fraction of sp³-hybridized carbons (Fsp3) is 0.400. The fourth-order valence-electron chi connectivity index (χ4n) is 1.84. The number of amides is 1. The molecule has 1 rings (SSSR count). The molecule has 0 fully saturated rings. The highest BCUT2D eigenvalue weighted by Gasteiger charge is 2.23. The molecule has 1 atom stereocenters. The molecule has 0 saturated carbocycles. The number of hydrogen-bond donors (Lipinski definition) is 2. The Morgan fingerprint density at radius 1 is 1.33 bits per heavy atom. The molecule has 0 radical (unpaired) electrons. The first-order valence-electron chi connectivity index (χ1n) is 6.57. The number of ether oxygens (including phenoxy) is 1. The molecule has 1 aromatic carbocycles. The Balaban J connectivity index is 2.50. The number of nitrogens with one attached hydrogen (secondary N) is 1. The number of methoxy groups -OCH3 is 1. The van der Waals surface area contributed by atoms with Crippen LogP contribution in [0.2, 0.25) is 0 Å². The maximum absolute atomic E-state index is 11.8. The van der Waals surface area contributed by atoms with E-state index in [4.69, 9.17) is 5.11 Å². The molecule has 0 aliphatic heterocycles. The van der Waals surface area contributed by atoms with E-state index in [0.717, 1.165) is 11.1 Å². The molecule has 6 nitrogen and oxygen atoms in total. The fourth-order valence-corrected chi connectivity index (χ4v) is 1.84. The lowest BCUT2D eigenvalue weighted by molar-refractivity contribution is -0.148. The summed E-state index contributed by atoms with van der Waals surface area (Å²) in [4.78, 5) is 33.8. The van der Waals surface area contributed by atoms with Gasteiger partial charge in [0.05, 0.1) is 13.5 Å². The minimum Gasteiger partial charge on any atom is -0.480 e. The van der Waals surface area contributed by atoms with Crippen LogP contribution in [-0.4, -0.2) is 36.1 Å². The van der Waals surface area contributed by atoms with Gasteiger partial charge < -0.3 is 15.2 Å². The van der Waals surface area contributed by atoms with Crippen molar-refractivity contribution in [3.63, 3.8) is 0 Å². The predicted molar refractivity (Wildman–Crippen MR) is 75.7 cm³/mol.